The van der Waals surface area contributed by atoms with Gasteiger partial charge in [-0.1, -0.05) is 36.4 Å². The number of para-hydroxylation sites is 2. The van der Waals surface area contributed by atoms with Gasteiger partial charge in [0.15, 0.2) is 0 Å². The lowest BCUT2D eigenvalue weighted by molar-refractivity contribution is -0.121. The number of amides is 1. The van der Waals surface area contributed by atoms with Crippen LogP contribution >= 0.6 is 0 Å². The molecule has 0 spiro atoms. The second-order valence-electron chi connectivity index (χ2n) is 5.77. The third-order valence-corrected chi connectivity index (χ3v) is 4.06. The van der Waals surface area contributed by atoms with E-state index in [2.05, 4.69) is 10.4 Å². The zero-order valence-corrected chi connectivity index (χ0v) is 13.1. The van der Waals surface area contributed by atoms with Crippen molar-refractivity contribution in [2.75, 3.05) is 6.61 Å². The largest absolute Gasteiger partial charge is 0.491 e. The predicted molar refractivity (Wildman–Crippen MR) is 90.1 cm³/mol. The molecule has 5 nitrogen and oxygen atoms in total. The lowest BCUT2D eigenvalue weighted by Gasteiger charge is -2.11. The SMILES string of the molecule is O=C(Cc1cnn(-c2ccccc2)c1)N[C@@H]1COc2ccccc21. The molecule has 0 fully saturated rings. The molecule has 1 aromatic heterocycles. The Hall–Kier alpha value is -3.08. The molecule has 0 unspecified atom stereocenters. The van der Waals surface area contributed by atoms with Gasteiger partial charge in [0.25, 0.3) is 0 Å². The molecule has 1 amide bonds. The van der Waals surface area contributed by atoms with Crippen molar-refractivity contribution < 1.29 is 9.53 Å². The van der Waals surface area contributed by atoms with Gasteiger partial charge >= 0.3 is 0 Å². The van der Waals surface area contributed by atoms with E-state index in [0.29, 0.717) is 13.0 Å². The fraction of sp³-hybridized carbons (Fsp3) is 0.158. The molecule has 4 rings (SSSR count). The van der Waals surface area contributed by atoms with Crippen LogP contribution in [0.1, 0.15) is 17.2 Å². The number of aromatic nitrogens is 2. The Morgan fingerprint density at radius 1 is 1.17 bits per heavy atom. The lowest BCUT2D eigenvalue weighted by Crippen LogP contribution is -2.30. The van der Waals surface area contributed by atoms with E-state index < -0.39 is 0 Å². The van der Waals surface area contributed by atoms with Gasteiger partial charge in [-0.2, -0.15) is 5.10 Å². The van der Waals surface area contributed by atoms with Crippen molar-refractivity contribution in [2.24, 2.45) is 0 Å². The summed E-state index contributed by atoms with van der Waals surface area (Å²) in [7, 11) is 0. The maximum atomic E-state index is 12.3. The van der Waals surface area contributed by atoms with Gasteiger partial charge in [0, 0.05) is 11.8 Å². The second kappa shape index (κ2) is 6.20. The smallest absolute Gasteiger partial charge is 0.225 e. The number of benzene rings is 2. The Morgan fingerprint density at radius 2 is 1.96 bits per heavy atom. The van der Waals surface area contributed by atoms with Gasteiger partial charge in [-0.25, -0.2) is 4.68 Å². The van der Waals surface area contributed by atoms with Crippen molar-refractivity contribution in [3.8, 4) is 11.4 Å². The van der Waals surface area contributed by atoms with Crippen molar-refractivity contribution in [3.63, 3.8) is 0 Å². The highest BCUT2D eigenvalue weighted by molar-refractivity contribution is 5.79. The minimum Gasteiger partial charge on any atom is -0.491 e. The van der Waals surface area contributed by atoms with Crippen LogP contribution in [0, 0.1) is 0 Å². The van der Waals surface area contributed by atoms with E-state index in [1.165, 1.54) is 0 Å². The monoisotopic (exact) mass is 319 g/mol. The van der Waals surface area contributed by atoms with Gasteiger partial charge in [0.2, 0.25) is 5.91 Å². The first kappa shape index (κ1) is 14.5. The minimum atomic E-state index is -0.0853. The van der Waals surface area contributed by atoms with Crippen molar-refractivity contribution in [2.45, 2.75) is 12.5 Å². The fourth-order valence-electron chi connectivity index (χ4n) is 2.89. The van der Waals surface area contributed by atoms with Gasteiger partial charge in [-0.15, -0.1) is 0 Å². The molecule has 1 aliphatic rings. The number of rotatable bonds is 4. The maximum Gasteiger partial charge on any atom is 0.225 e. The molecule has 1 aliphatic heterocycles. The second-order valence-corrected chi connectivity index (χ2v) is 5.77. The average Bonchev–Trinajstić information content (AvgIpc) is 3.23. The number of fused-ring (bicyclic) bond motifs is 1. The van der Waals surface area contributed by atoms with Crippen LogP contribution in [0.5, 0.6) is 5.75 Å². The van der Waals surface area contributed by atoms with Crippen LogP contribution < -0.4 is 10.1 Å². The quantitative estimate of drug-likeness (QED) is 0.804. The van der Waals surface area contributed by atoms with E-state index in [0.717, 1.165) is 22.6 Å². The summed E-state index contributed by atoms with van der Waals surface area (Å²) in [5, 5.41) is 7.35. The molecule has 120 valence electrons. The first-order valence-corrected chi connectivity index (χ1v) is 7.90. The van der Waals surface area contributed by atoms with Crippen LogP contribution in [0.2, 0.25) is 0 Å². The number of ether oxygens (including phenoxy) is 1. The Labute approximate surface area is 139 Å². The predicted octanol–water partition coefficient (Wildman–Crippen LogP) is 2.66. The Morgan fingerprint density at radius 3 is 2.83 bits per heavy atom. The molecule has 2 aromatic carbocycles. The number of hydrogen-bond acceptors (Lipinski definition) is 3. The average molecular weight is 319 g/mol. The van der Waals surface area contributed by atoms with E-state index in [-0.39, 0.29) is 11.9 Å². The molecule has 0 aliphatic carbocycles. The molecule has 24 heavy (non-hydrogen) atoms. The Kier molecular flexibility index (Phi) is 3.75. The molecule has 3 aromatic rings. The summed E-state index contributed by atoms with van der Waals surface area (Å²) in [6.07, 6.45) is 3.91. The van der Waals surface area contributed by atoms with E-state index in [4.69, 9.17) is 4.74 Å². The lowest BCUT2D eigenvalue weighted by atomic mass is 10.1. The first-order valence-electron chi connectivity index (χ1n) is 7.90. The molecule has 0 saturated carbocycles. The van der Waals surface area contributed by atoms with Crippen LogP contribution in [0.3, 0.4) is 0 Å². The van der Waals surface area contributed by atoms with Crippen LogP contribution in [-0.4, -0.2) is 22.3 Å². The molecular formula is C19H17N3O2. The summed E-state index contributed by atoms with van der Waals surface area (Å²) in [6, 6.07) is 17.5. The number of hydrogen-bond donors (Lipinski definition) is 1. The molecule has 0 saturated heterocycles. The molecule has 1 N–H and O–H groups in total. The third-order valence-electron chi connectivity index (χ3n) is 4.06. The Bertz CT molecular complexity index is 858. The fourth-order valence-corrected chi connectivity index (χ4v) is 2.89. The van der Waals surface area contributed by atoms with Crippen molar-refractivity contribution in [3.05, 3.63) is 78.1 Å². The summed E-state index contributed by atoms with van der Waals surface area (Å²) in [6.45, 7) is 0.481. The van der Waals surface area contributed by atoms with Crippen molar-refractivity contribution in [1.82, 2.24) is 15.1 Å². The molecule has 0 radical (unpaired) electrons. The van der Waals surface area contributed by atoms with Crippen molar-refractivity contribution >= 4 is 5.91 Å². The third kappa shape index (κ3) is 2.88. The van der Waals surface area contributed by atoms with Crippen LogP contribution in [0.25, 0.3) is 5.69 Å². The highest BCUT2D eigenvalue weighted by Crippen LogP contribution is 2.31. The molecule has 2 heterocycles. The van der Waals surface area contributed by atoms with E-state index >= 15 is 0 Å². The summed E-state index contributed by atoms with van der Waals surface area (Å²) >= 11 is 0. The number of carbonyl (C=O) groups is 1. The first-order chi connectivity index (χ1) is 11.8. The molecular weight excluding hydrogens is 302 g/mol. The zero-order chi connectivity index (χ0) is 16.4. The van der Waals surface area contributed by atoms with Gasteiger partial charge in [-0.3, -0.25) is 4.79 Å². The minimum absolute atomic E-state index is 0.0343. The highest BCUT2D eigenvalue weighted by atomic mass is 16.5. The van der Waals surface area contributed by atoms with Gasteiger partial charge in [-0.05, 0) is 23.8 Å². The van der Waals surface area contributed by atoms with Crippen LogP contribution in [0.4, 0.5) is 0 Å². The number of nitrogens with one attached hydrogen (secondary N) is 1. The van der Waals surface area contributed by atoms with Crippen LogP contribution in [-0.2, 0) is 11.2 Å². The van der Waals surface area contributed by atoms with Crippen LogP contribution in [0.15, 0.2) is 67.0 Å². The highest BCUT2D eigenvalue weighted by Gasteiger charge is 2.25. The molecule has 1 atom stereocenters. The topological polar surface area (TPSA) is 56.2 Å². The van der Waals surface area contributed by atoms with Gasteiger partial charge in [0.1, 0.15) is 12.4 Å². The number of nitrogens with zero attached hydrogens (tertiary/aromatic N) is 2. The molecule has 5 heteroatoms. The Balaban J connectivity index is 1.42. The zero-order valence-electron chi connectivity index (χ0n) is 13.1. The normalized spacial score (nSPS) is 15.6. The van der Waals surface area contributed by atoms with Gasteiger partial charge in [0.05, 0.1) is 24.3 Å². The summed E-state index contributed by atoms with van der Waals surface area (Å²) in [4.78, 5) is 12.3. The van der Waals surface area contributed by atoms with E-state index in [9.17, 15) is 4.79 Å². The summed E-state index contributed by atoms with van der Waals surface area (Å²) < 4.78 is 7.37. The van der Waals surface area contributed by atoms with E-state index in [1.54, 1.807) is 10.9 Å². The summed E-state index contributed by atoms with van der Waals surface area (Å²) in [5.74, 6) is 0.813. The standard InChI is InChI=1S/C19H17N3O2/c23-19(21-17-13-24-18-9-5-4-8-16(17)18)10-14-11-20-22(12-14)15-6-2-1-3-7-15/h1-9,11-12,17H,10,13H2,(H,21,23)/t17-/m1/s1. The van der Waals surface area contributed by atoms with Crippen molar-refractivity contribution in [1.29, 1.82) is 0 Å². The number of carbonyl (C=O) groups excluding carboxylic acids is 1. The van der Waals surface area contributed by atoms with Gasteiger partial charge < -0.3 is 10.1 Å². The molecule has 0 bridgehead atoms. The summed E-state index contributed by atoms with van der Waals surface area (Å²) in [5.41, 5.74) is 2.89. The maximum absolute atomic E-state index is 12.3. The van der Waals surface area contributed by atoms with E-state index in [1.807, 2.05) is 60.8 Å².